The molecule has 1 aromatic rings. The summed E-state index contributed by atoms with van der Waals surface area (Å²) in [5.74, 6) is 0.539. The summed E-state index contributed by atoms with van der Waals surface area (Å²) in [4.78, 5) is 2.43. The number of rotatable bonds is 7. The fourth-order valence-electron chi connectivity index (χ4n) is 3.67. The Labute approximate surface area is 137 Å². The maximum Gasteiger partial charge on any atom is 0.151 e. The molecule has 4 nitrogen and oxygen atoms in total. The van der Waals surface area contributed by atoms with E-state index in [1.807, 2.05) is 0 Å². The van der Waals surface area contributed by atoms with Gasteiger partial charge >= 0.3 is 0 Å². The third kappa shape index (κ3) is 3.72. The van der Waals surface area contributed by atoms with Crippen LogP contribution in [0.4, 0.5) is 0 Å². The zero-order valence-corrected chi connectivity index (χ0v) is 14.9. The molecule has 22 heavy (non-hydrogen) atoms. The van der Waals surface area contributed by atoms with Gasteiger partial charge in [-0.15, -0.1) is 0 Å². The highest BCUT2D eigenvalue weighted by Crippen LogP contribution is 2.55. The van der Waals surface area contributed by atoms with E-state index in [4.69, 9.17) is 0 Å². The third-order valence-electron chi connectivity index (χ3n) is 5.28. The van der Waals surface area contributed by atoms with Gasteiger partial charge < -0.3 is 5.32 Å². The molecule has 1 atom stereocenters. The van der Waals surface area contributed by atoms with Crippen LogP contribution in [0.1, 0.15) is 31.7 Å². The van der Waals surface area contributed by atoms with Gasteiger partial charge in [-0.3, -0.25) is 4.90 Å². The number of nitrogens with one attached hydrogen (secondary N) is 1. The number of thiophene rings is 1. The first kappa shape index (κ1) is 16.4. The van der Waals surface area contributed by atoms with Crippen LogP contribution in [0.5, 0.6) is 0 Å². The minimum absolute atomic E-state index is 0.249. The highest BCUT2D eigenvalue weighted by Gasteiger charge is 2.56. The zero-order valence-electron chi connectivity index (χ0n) is 13.3. The van der Waals surface area contributed by atoms with Crippen molar-refractivity contribution in [1.82, 2.24) is 10.2 Å². The van der Waals surface area contributed by atoms with Gasteiger partial charge in [0.2, 0.25) is 0 Å². The average molecular weight is 343 g/mol. The lowest BCUT2D eigenvalue weighted by atomic mass is 9.93. The van der Waals surface area contributed by atoms with Gasteiger partial charge in [0.05, 0.1) is 5.75 Å². The van der Waals surface area contributed by atoms with Crippen LogP contribution < -0.4 is 5.32 Å². The minimum atomic E-state index is -2.89. The SMILES string of the molecule is CCS(=O)(=O)CCN(Cc1ccsc1)[C@H]1CC12CCNCC2. The summed E-state index contributed by atoms with van der Waals surface area (Å²) < 4.78 is 23.8. The number of hydrogen-bond donors (Lipinski definition) is 1. The largest absolute Gasteiger partial charge is 0.317 e. The van der Waals surface area contributed by atoms with E-state index < -0.39 is 9.84 Å². The first-order valence-electron chi connectivity index (χ1n) is 8.21. The van der Waals surface area contributed by atoms with Crippen molar-refractivity contribution in [3.63, 3.8) is 0 Å². The van der Waals surface area contributed by atoms with Gasteiger partial charge in [-0.25, -0.2) is 8.42 Å². The van der Waals surface area contributed by atoms with Crippen molar-refractivity contribution in [1.29, 1.82) is 0 Å². The van der Waals surface area contributed by atoms with E-state index in [0.29, 0.717) is 23.8 Å². The number of piperidine rings is 1. The number of nitrogens with zero attached hydrogens (tertiary/aromatic N) is 1. The van der Waals surface area contributed by atoms with Crippen LogP contribution in [-0.2, 0) is 16.4 Å². The molecule has 0 bridgehead atoms. The fraction of sp³-hybridized carbons (Fsp3) is 0.750. The van der Waals surface area contributed by atoms with Gasteiger partial charge in [0.15, 0.2) is 9.84 Å². The van der Waals surface area contributed by atoms with E-state index in [1.165, 1.54) is 24.8 Å². The second-order valence-corrected chi connectivity index (χ2v) is 9.92. The standard InChI is InChI=1S/C16H26N2O2S2/c1-2-22(19,20)10-8-18(12-14-3-9-21-13-14)15-11-16(15)4-6-17-7-5-16/h3,9,13,15,17H,2,4-8,10-12H2,1H3/t15-/m0/s1. The predicted octanol–water partition coefficient (Wildman–Crippen LogP) is 2.13. The Balaban J connectivity index is 1.67. The summed E-state index contributed by atoms with van der Waals surface area (Å²) in [6.07, 6.45) is 3.71. The first-order valence-corrected chi connectivity index (χ1v) is 11.0. The quantitative estimate of drug-likeness (QED) is 0.825. The van der Waals surface area contributed by atoms with Gasteiger partial charge in [0.1, 0.15) is 0 Å². The molecule has 1 saturated heterocycles. The highest BCUT2D eigenvalue weighted by molar-refractivity contribution is 7.91. The summed E-state index contributed by atoms with van der Waals surface area (Å²) in [5, 5.41) is 7.72. The minimum Gasteiger partial charge on any atom is -0.317 e. The van der Waals surface area contributed by atoms with Crippen LogP contribution >= 0.6 is 11.3 Å². The third-order valence-corrected chi connectivity index (χ3v) is 7.70. The van der Waals surface area contributed by atoms with Gasteiger partial charge in [-0.1, -0.05) is 6.92 Å². The van der Waals surface area contributed by atoms with Crippen molar-refractivity contribution in [2.24, 2.45) is 5.41 Å². The fourth-order valence-corrected chi connectivity index (χ4v) is 5.13. The second kappa shape index (κ2) is 6.59. The molecule has 3 rings (SSSR count). The van der Waals surface area contributed by atoms with Crippen molar-refractivity contribution in [3.05, 3.63) is 22.4 Å². The van der Waals surface area contributed by atoms with E-state index in [9.17, 15) is 8.42 Å². The maximum atomic E-state index is 11.9. The van der Waals surface area contributed by atoms with E-state index in [1.54, 1.807) is 18.3 Å². The Hall–Kier alpha value is -0.430. The zero-order chi connectivity index (χ0) is 15.6. The molecule has 0 aromatic carbocycles. The molecule has 124 valence electrons. The molecule has 1 aromatic heterocycles. The van der Waals surface area contributed by atoms with Gasteiger partial charge in [-0.2, -0.15) is 11.3 Å². The van der Waals surface area contributed by atoms with Crippen LogP contribution in [0, 0.1) is 5.41 Å². The van der Waals surface area contributed by atoms with Crippen LogP contribution in [-0.4, -0.2) is 50.5 Å². The van der Waals surface area contributed by atoms with Gasteiger partial charge in [-0.05, 0) is 60.2 Å². The van der Waals surface area contributed by atoms with Crippen molar-refractivity contribution >= 4 is 21.2 Å². The lowest BCUT2D eigenvalue weighted by Crippen LogP contribution is -2.38. The summed E-state index contributed by atoms with van der Waals surface area (Å²) in [6.45, 7) is 5.52. The number of sulfone groups is 1. The normalized spacial score (nSPS) is 24.0. The Morgan fingerprint density at radius 1 is 1.41 bits per heavy atom. The Kier molecular flexibility index (Phi) is 4.92. The van der Waals surface area contributed by atoms with Crippen LogP contribution in [0.2, 0.25) is 0 Å². The van der Waals surface area contributed by atoms with Gasteiger partial charge in [0, 0.05) is 24.9 Å². The molecule has 1 spiro atoms. The Morgan fingerprint density at radius 2 is 2.18 bits per heavy atom. The molecule has 0 amide bonds. The van der Waals surface area contributed by atoms with Crippen LogP contribution in [0.25, 0.3) is 0 Å². The monoisotopic (exact) mass is 342 g/mol. The topological polar surface area (TPSA) is 49.4 Å². The first-order chi connectivity index (χ1) is 10.5. The number of hydrogen-bond acceptors (Lipinski definition) is 5. The molecule has 1 saturated carbocycles. The van der Waals surface area contributed by atoms with Crippen molar-refractivity contribution < 1.29 is 8.42 Å². The summed E-state index contributed by atoms with van der Waals surface area (Å²) in [5.41, 5.74) is 1.77. The maximum absolute atomic E-state index is 11.9. The molecule has 2 heterocycles. The molecule has 2 fully saturated rings. The predicted molar refractivity (Wildman–Crippen MR) is 92.0 cm³/mol. The molecule has 1 aliphatic carbocycles. The average Bonchev–Trinajstić information content (AvgIpc) is 2.97. The summed E-state index contributed by atoms with van der Waals surface area (Å²) in [6, 6.07) is 2.73. The van der Waals surface area contributed by atoms with E-state index in [2.05, 4.69) is 27.0 Å². The Bertz CT molecular complexity index is 577. The molecular weight excluding hydrogens is 316 g/mol. The lowest BCUT2D eigenvalue weighted by molar-refractivity contribution is 0.205. The molecule has 0 radical (unpaired) electrons. The van der Waals surface area contributed by atoms with Crippen LogP contribution in [0.3, 0.4) is 0 Å². The molecule has 1 aliphatic heterocycles. The van der Waals surface area contributed by atoms with Gasteiger partial charge in [0.25, 0.3) is 0 Å². The lowest BCUT2D eigenvalue weighted by Gasteiger charge is -2.29. The smallest absolute Gasteiger partial charge is 0.151 e. The molecule has 6 heteroatoms. The van der Waals surface area contributed by atoms with E-state index >= 15 is 0 Å². The van der Waals surface area contributed by atoms with Crippen molar-refractivity contribution in [3.8, 4) is 0 Å². The van der Waals surface area contributed by atoms with E-state index in [-0.39, 0.29) is 5.75 Å². The molecular formula is C16H26N2O2S2. The second-order valence-electron chi connectivity index (χ2n) is 6.67. The van der Waals surface area contributed by atoms with E-state index in [0.717, 1.165) is 19.6 Å². The molecule has 1 N–H and O–H groups in total. The van der Waals surface area contributed by atoms with Crippen molar-refractivity contribution in [2.75, 3.05) is 31.1 Å². The summed E-state index contributed by atoms with van der Waals surface area (Å²) in [7, 11) is -2.89. The molecule has 2 aliphatic rings. The summed E-state index contributed by atoms with van der Waals surface area (Å²) >= 11 is 1.71. The Morgan fingerprint density at radius 3 is 2.82 bits per heavy atom. The van der Waals surface area contributed by atoms with Crippen molar-refractivity contribution in [2.45, 2.75) is 38.8 Å². The molecule has 0 unspecified atom stereocenters. The highest BCUT2D eigenvalue weighted by atomic mass is 32.2. The van der Waals surface area contributed by atoms with Crippen LogP contribution in [0.15, 0.2) is 16.8 Å².